The van der Waals surface area contributed by atoms with Crippen LogP contribution in [0, 0.1) is 13.8 Å². The number of methoxy groups -OCH3 is 1. The van der Waals surface area contributed by atoms with Gasteiger partial charge in [-0.2, -0.15) is 0 Å². The van der Waals surface area contributed by atoms with E-state index in [1.807, 2.05) is 24.3 Å². The van der Waals surface area contributed by atoms with E-state index in [9.17, 15) is 4.79 Å². The second kappa shape index (κ2) is 8.69. The maximum Gasteiger partial charge on any atom is 0.308 e. The molecule has 5 aromatic rings. The van der Waals surface area contributed by atoms with Crippen LogP contribution in [0.3, 0.4) is 0 Å². The van der Waals surface area contributed by atoms with Crippen LogP contribution in [-0.4, -0.2) is 23.0 Å². The molecule has 0 saturated heterocycles. The Morgan fingerprint density at radius 3 is 1.88 bits per heavy atom. The molecule has 2 heterocycles. The van der Waals surface area contributed by atoms with E-state index in [0.29, 0.717) is 11.5 Å². The van der Waals surface area contributed by atoms with Gasteiger partial charge in [0.05, 0.1) is 7.11 Å². The van der Waals surface area contributed by atoms with Crippen LogP contribution >= 0.6 is 15.9 Å². The Morgan fingerprint density at radius 2 is 1.38 bits per heavy atom. The average Bonchev–Trinajstić information content (AvgIpc) is 3.31. The van der Waals surface area contributed by atoms with E-state index < -0.39 is 5.97 Å². The first-order chi connectivity index (χ1) is 16.4. The molecule has 6 heteroatoms. The number of carbonyl (C=O) groups excluding carboxylic acids is 1. The summed E-state index contributed by atoms with van der Waals surface area (Å²) >= 11 is 3.78. The van der Waals surface area contributed by atoms with Gasteiger partial charge in [0.15, 0.2) is 11.5 Å². The fraction of sp³-hybridized carbons (Fsp3) is 0.179. The van der Waals surface area contributed by atoms with Crippen molar-refractivity contribution in [2.75, 3.05) is 7.11 Å². The number of aromatic amines is 2. The van der Waals surface area contributed by atoms with Crippen LogP contribution in [0.1, 0.15) is 40.9 Å². The van der Waals surface area contributed by atoms with Gasteiger partial charge in [-0.3, -0.25) is 4.79 Å². The molecule has 0 aliphatic carbocycles. The highest BCUT2D eigenvalue weighted by Crippen LogP contribution is 2.47. The van der Waals surface area contributed by atoms with E-state index >= 15 is 0 Å². The number of aromatic nitrogens is 2. The third-order valence-corrected chi connectivity index (χ3v) is 7.00. The molecule has 5 nitrogen and oxygen atoms in total. The molecule has 0 fully saturated rings. The van der Waals surface area contributed by atoms with Gasteiger partial charge in [0.2, 0.25) is 0 Å². The standard InChI is InChI=1S/C28H25BrN2O3/c1-15-26(18-9-5-7-11-22(18)30-15)28(27-16(2)31-23-12-8-6-10-19(23)27)20-13-24(33-4)25(14-21(20)29)34-17(3)32/h5-14,28,30-31H,1-4H3. The van der Waals surface area contributed by atoms with Crippen molar-refractivity contribution in [1.29, 1.82) is 0 Å². The van der Waals surface area contributed by atoms with Crippen molar-refractivity contribution >= 4 is 43.7 Å². The number of halogens is 1. The van der Waals surface area contributed by atoms with E-state index in [1.165, 1.54) is 28.8 Å². The minimum atomic E-state index is -0.394. The van der Waals surface area contributed by atoms with Gasteiger partial charge >= 0.3 is 5.97 Å². The highest BCUT2D eigenvalue weighted by Gasteiger charge is 2.29. The summed E-state index contributed by atoms with van der Waals surface area (Å²) < 4.78 is 11.9. The van der Waals surface area contributed by atoms with Crippen molar-refractivity contribution in [3.05, 3.63) is 93.2 Å². The number of H-pyrrole nitrogens is 2. The molecule has 0 unspecified atom stereocenters. The quantitative estimate of drug-likeness (QED) is 0.192. The van der Waals surface area contributed by atoms with Crippen molar-refractivity contribution in [3.8, 4) is 11.5 Å². The lowest BCUT2D eigenvalue weighted by molar-refractivity contribution is -0.132. The number of benzene rings is 3. The van der Waals surface area contributed by atoms with Crippen molar-refractivity contribution < 1.29 is 14.3 Å². The molecule has 0 aliphatic rings. The predicted molar refractivity (Wildman–Crippen MR) is 139 cm³/mol. The summed E-state index contributed by atoms with van der Waals surface area (Å²) in [6.07, 6.45) is 0. The van der Waals surface area contributed by atoms with Crippen LogP contribution in [0.25, 0.3) is 21.8 Å². The van der Waals surface area contributed by atoms with E-state index in [1.54, 1.807) is 7.11 Å². The predicted octanol–water partition coefficient (Wildman–Crippen LogP) is 7.14. The van der Waals surface area contributed by atoms with Crippen molar-refractivity contribution in [2.24, 2.45) is 0 Å². The van der Waals surface area contributed by atoms with Crippen LogP contribution < -0.4 is 9.47 Å². The van der Waals surface area contributed by atoms with Gasteiger partial charge in [0, 0.05) is 50.5 Å². The summed E-state index contributed by atoms with van der Waals surface area (Å²) in [4.78, 5) is 18.8. The minimum Gasteiger partial charge on any atom is -0.493 e. The molecule has 34 heavy (non-hydrogen) atoms. The fourth-order valence-corrected chi connectivity index (χ4v) is 5.51. The number of nitrogens with one attached hydrogen (secondary N) is 2. The zero-order chi connectivity index (χ0) is 24.0. The van der Waals surface area contributed by atoms with E-state index in [-0.39, 0.29) is 5.92 Å². The Balaban J connectivity index is 1.86. The van der Waals surface area contributed by atoms with Gasteiger partial charge in [0.1, 0.15) is 0 Å². The van der Waals surface area contributed by atoms with Crippen LogP contribution in [-0.2, 0) is 4.79 Å². The van der Waals surface area contributed by atoms with Gasteiger partial charge in [-0.25, -0.2) is 0 Å². The van der Waals surface area contributed by atoms with Gasteiger partial charge in [-0.05, 0) is 54.8 Å². The maximum absolute atomic E-state index is 11.7. The molecule has 0 spiro atoms. The van der Waals surface area contributed by atoms with E-state index in [0.717, 1.165) is 32.5 Å². The number of fused-ring (bicyclic) bond motifs is 2. The van der Waals surface area contributed by atoms with Gasteiger partial charge in [-0.15, -0.1) is 0 Å². The Bertz CT molecular complexity index is 1470. The Morgan fingerprint density at radius 1 is 0.853 bits per heavy atom. The molecule has 0 aliphatic heterocycles. The molecule has 5 rings (SSSR count). The lowest BCUT2D eigenvalue weighted by atomic mass is 9.82. The molecule has 0 radical (unpaired) electrons. The summed E-state index contributed by atoms with van der Waals surface area (Å²) in [5.74, 6) is 0.389. The van der Waals surface area contributed by atoms with Crippen LogP contribution in [0.5, 0.6) is 11.5 Å². The van der Waals surface area contributed by atoms with Crippen molar-refractivity contribution in [3.63, 3.8) is 0 Å². The Kier molecular flexibility index (Phi) is 5.70. The lowest BCUT2D eigenvalue weighted by Gasteiger charge is -2.23. The summed E-state index contributed by atoms with van der Waals surface area (Å²) in [5.41, 5.74) is 7.82. The summed E-state index contributed by atoms with van der Waals surface area (Å²) in [5, 5.41) is 2.34. The lowest BCUT2D eigenvalue weighted by Crippen LogP contribution is -2.09. The second-order valence-corrected chi connectivity index (χ2v) is 9.32. The number of esters is 1. The van der Waals surface area contributed by atoms with Gasteiger partial charge < -0.3 is 19.4 Å². The molecular weight excluding hydrogens is 492 g/mol. The first-order valence-electron chi connectivity index (χ1n) is 11.1. The maximum atomic E-state index is 11.7. The summed E-state index contributed by atoms with van der Waals surface area (Å²) in [6, 6.07) is 20.5. The Hall–Kier alpha value is -3.51. The normalized spacial score (nSPS) is 11.5. The molecule has 2 aromatic heterocycles. The first kappa shape index (κ1) is 22.3. The third-order valence-electron chi connectivity index (χ3n) is 6.31. The first-order valence-corrected chi connectivity index (χ1v) is 11.9. The minimum absolute atomic E-state index is 0.109. The smallest absolute Gasteiger partial charge is 0.308 e. The van der Waals surface area contributed by atoms with Crippen LogP contribution in [0.2, 0.25) is 0 Å². The summed E-state index contributed by atoms with van der Waals surface area (Å²) in [7, 11) is 1.59. The molecule has 0 bridgehead atoms. The second-order valence-electron chi connectivity index (χ2n) is 8.47. The summed E-state index contributed by atoms with van der Waals surface area (Å²) in [6.45, 7) is 5.62. The molecular formula is C28H25BrN2O3. The monoisotopic (exact) mass is 516 g/mol. The highest BCUT2D eigenvalue weighted by atomic mass is 79.9. The van der Waals surface area contributed by atoms with E-state index in [2.05, 4.69) is 76.1 Å². The molecule has 0 amide bonds. The zero-order valence-corrected chi connectivity index (χ0v) is 21.0. The van der Waals surface area contributed by atoms with E-state index in [4.69, 9.17) is 9.47 Å². The van der Waals surface area contributed by atoms with Gasteiger partial charge in [0.25, 0.3) is 0 Å². The average molecular weight is 517 g/mol. The zero-order valence-electron chi connectivity index (χ0n) is 19.5. The number of rotatable bonds is 5. The number of hydrogen-bond donors (Lipinski definition) is 2. The third kappa shape index (κ3) is 3.68. The number of hydrogen-bond acceptors (Lipinski definition) is 3. The number of para-hydroxylation sites is 2. The van der Waals surface area contributed by atoms with Crippen LogP contribution in [0.15, 0.2) is 65.1 Å². The molecule has 172 valence electrons. The SMILES string of the molecule is COc1cc(C(c2c(C)[nH]c3ccccc23)c2c(C)[nH]c3ccccc23)c(Br)cc1OC(C)=O. The van der Waals surface area contributed by atoms with Crippen molar-refractivity contribution in [2.45, 2.75) is 26.7 Å². The molecule has 2 N–H and O–H groups in total. The molecule has 0 saturated carbocycles. The largest absolute Gasteiger partial charge is 0.493 e. The molecule has 3 aromatic carbocycles. The number of aryl methyl sites for hydroxylation is 2. The number of ether oxygens (including phenoxy) is 2. The highest BCUT2D eigenvalue weighted by molar-refractivity contribution is 9.10. The van der Waals surface area contributed by atoms with Gasteiger partial charge in [-0.1, -0.05) is 52.3 Å². The van der Waals surface area contributed by atoms with Crippen LogP contribution in [0.4, 0.5) is 0 Å². The number of carbonyl (C=O) groups is 1. The van der Waals surface area contributed by atoms with Crippen molar-refractivity contribution in [1.82, 2.24) is 9.97 Å². The molecule has 0 atom stereocenters. The Labute approximate surface area is 206 Å². The topological polar surface area (TPSA) is 67.1 Å². The fourth-order valence-electron chi connectivity index (χ4n) is 4.96.